The highest BCUT2D eigenvalue weighted by molar-refractivity contribution is 6.28. The summed E-state index contributed by atoms with van der Waals surface area (Å²) >= 11 is 5.88. The van der Waals surface area contributed by atoms with Gasteiger partial charge in [0.2, 0.25) is 11.2 Å². The average Bonchev–Trinajstić information content (AvgIpc) is 3.02. The predicted molar refractivity (Wildman–Crippen MR) is 97.8 cm³/mol. The van der Waals surface area contributed by atoms with E-state index in [2.05, 4.69) is 20.3 Å². The van der Waals surface area contributed by atoms with E-state index in [1.54, 1.807) is 18.2 Å². The Morgan fingerprint density at radius 2 is 1.71 bits per heavy atom. The quantitative estimate of drug-likeness (QED) is 0.456. The van der Waals surface area contributed by atoms with Crippen molar-refractivity contribution in [3.8, 4) is 22.8 Å². The number of hydrogen-bond donors (Lipinski definition) is 0. The largest absolute Gasteiger partial charge is 0.437 e. The number of aromatic nitrogens is 5. The van der Waals surface area contributed by atoms with Crippen LogP contribution in [0, 0.1) is 0 Å². The van der Waals surface area contributed by atoms with Crippen LogP contribution in [-0.4, -0.2) is 24.8 Å². The Labute approximate surface area is 167 Å². The SMILES string of the molecule is Cl.FC(F)(F)c1ccc(-c2ccncc2)c(Oc2ccc3nnc(Cl)n3n2)c1. The topological polar surface area (TPSA) is 65.2 Å². The van der Waals surface area contributed by atoms with Gasteiger partial charge in [0, 0.05) is 24.0 Å². The third-order valence-electron chi connectivity index (χ3n) is 3.72. The summed E-state index contributed by atoms with van der Waals surface area (Å²) in [6.45, 7) is 0. The molecule has 144 valence electrons. The summed E-state index contributed by atoms with van der Waals surface area (Å²) in [4.78, 5) is 3.91. The van der Waals surface area contributed by atoms with Gasteiger partial charge in [-0.15, -0.1) is 27.7 Å². The normalized spacial score (nSPS) is 11.3. The third-order valence-corrected chi connectivity index (χ3v) is 3.95. The first kappa shape index (κ1) is 19.8. The molecule has 0 atom stereocenters. The maximum atomic E-state index is 13.1. The van der Waals surface area contributed by atoms with Crippen molar-refractivity contribution in [2.75, 3.05) is 0 Å². The molecule has 28 heavy (non-hydrogen) atoms. The number of benzene rings is 1. The molecular weight excluding hydrogens is 418 g/mol. The van der Waals surface area contributed by atoms with E-state index in [-0.39, 0.29) is 29.3 Å². The highest BCUT2D eigenvalue weighted by atomic mass is 35.5. The fourth-order valence-electron chi connectivity index (χ4n) is 2.47. The minimum absolute atomic E-state index is 0. The van der Waals surface area contributed by atoms with E-state index < -0.39 is 11.7 Å². The Hall–Kier alpha value is -2.91. The second-order valence-corrected chi connectivity index (χ2v) is 5.80. The van der Waals surface area contributed by atoms with Crippen LogP contribution in [0.2, 0.25) is 5.28 Å². The van der Waals surface area contributed by atoms with Crippen molar-refractivity contribution in [2.24, 2.45) is 0 Å². The van der Waals surface area contributed by atoms with E-state index in [4.69, 9.17) is 16.3 Å². The molecule has 6 nitrogen and oxygen atoms in total. The number of alkyl halides is 3. The molecule has 0 radical (unpaired) electrons. The van der Waals surface area contributed by atoms with Gasteiger partial charge in [0.25, 0.3) is 0 Å². The number of halogens is 5. The van der Waals surface area contributed by atoms with Crippen LogP contribution in [0.5, 0.6) is 11.6 Å². The van der Waals surface area contributed by atoms with E-state index in [1.165, 1.54) is 29.0 Å². The van der Waals surface area contributed by atoms with Crippen LogP contribution < -0.4 is 4.74 Å². The van der Waals surface area contributed by atoms with Crippen molar-refractivity contribution in [1.29, 1.82) is 0 Å². The van der Waals surface area contributed by atoms with Crippen LogP contribution in [0.15, 0.2) is 54.9 Å². The maximum Gasteiger partial charge on any atom is 0.416 e. The first-order valence-electron chi connectivity index (χ1n) is 7.59. The van der Waals surface area contributed by atoms with E-state index >= 15 is 0 Å². The first-order chi connectivity index (χ1) is 12.9. The van der Waals surface area contributed by atoms with Gasteiger partial charge >= 0.3 is 6.18 Å². The van der Waals surface area contributed by atoms with E-state index in [0.717, 1.165) is 12.1 Å². The molecule has 0 spiro atoms. The summed E-state index contributed by atoms with van der Waals surface area (Å²) < 4.78 is 46.3. The molecule has 0 saturated heterocycles. The van der Waals surface area contributed by atoms with Gasteiger partial charge < -0.3 is 4.74 Å². The van der Waals surface area contributed by atoms with Gasteiger partial charge in [-0.25, -0.2) is 0 Å². The molecule has 0 aliphatic carbocycles. The minimum atomic E-state index is -4.51. The van der Waals surface area contributed by atoms with Crippen LogP contribution >= 0.6 is 24.0 Å². The molecule has 0 aliphatic rings. The zero-order chi connectivity index (χ0) is 19.0. The molecule has 0 aliphatic heterocycles. The Bertz CT molecular complexity index is 1120. The van der Waals surface area contributed by atoms with Crippen LogP contribution in [0.1, 0.15) is 5.56 Å². The molecule has 0 amide bonds. The second kappa shape index (κ2) is 7.61. The lowest BCUT2D eigenvalue weighted by Crippen LogP contribution is -2.05. The molecule has 0 unspecified atom stereocenters. The molecule has 11 heteroatoms. The number of ether oxygens (including phenoxy) is 1. The van der Waals surface area contributed by atoms with Crippen molar-refractivity contribution in [1.82, 2.24) is 24.8 Å². The third kappa shape index (κ3) is 3.85. The lowest BCUT2D eigenvalue weighted by Gasteiger charge is -2.14. The Morgan fingerprint density at radius 1 is 0.964 bits per heavy atom. The molecule has 3 heterocycles. The molecule has 0 N–H and O–H groups in total. The summed E-state index contributed by atoms with van der Waals surface area (Å²) in [6.07, 6.45) is -1.43. The van der Waals surface area contributed by atoms with Gasteiger partial charge in [0.1, 0.15) is 5.75 Å². The molecule has 1 aromatic carbocycles. The Morgan fingerprint density at radius 3 is 2.43 bits per heavy atom. The number of hydrogen-bond acceptors (Lipinski definition) is 5. The van der Waals surface area contributed by atoms with Gasteiger partial charge in [0.05, 0.1) is 5.56 Å². The number of pyridine rings is 1. The van der Waals surface area contributed by atoms with Gasteiger partial charge in [-0.05, 0) is 47.5 Å². The van der Waals surface area contributed by atoms with Crippen LogP contribution in [0.25, 0.3) is 16.8 Å². The van der Waals surface area contributed by atoms with Gasteiger partial charge in [-0.2, -0.15) is 17.7 Å². The Kier molecular flexibility index (Phi) is 5.39. The maximum absolute atomic E-state index is 13.1. The predicted octanol–water partition coefficient (Wildman–Crippen LogP) is 5.07. The Balaban J connectivity index is 0.00000225. The summed E-state index contributed by atoms with van der Waals surface area (Å²) in [5.74, 6) is 0.0332. The van der Waals surface area contributed by atoms with Gasteiger partial charge in [-0.1, -0.05) is 6.07 Å². The van der Waals surface area contributed by atoms with E-state index in [9.17, 15) is 13.2 Å². The summed E-state index contributed by atoms with van der Waals surface area (Å²) in [5, 5.41) is 11.6. The monoisotopic (exact) mass is 427 g/mol. The fourth-order valence-corrected chi connectivity index (χ4v) is 2.63. The molecule has 4 rings (SSSR count). The van der Waals surface area contributed by atoms with Crippen molar-refractivity contribution in [3.63, 3.8) is 0 Å². The number of fused-ring (bicyclic) bond motifs is 1. The summed E-state index contributed by atoms with van der Waals surface area (Å²) in [7, 11) is 0. The molecule has 4 aromatic rings. The van der Waals surface area contributed by atoms with Crippen molar-refractivity contribution >= 4 is 29.7 Å². The van der Waals surface area contributed by atoms with Gasteiger partial charge in [0.15, 0.2) is 5.65 Å². The molecule has 3 aromatic heterocycles. The smallest absolute Gasteiger partial charge is 0.416 e. The van der Waals surface area contributed by atoms with Crippen LogP contribution in [-0.2, 0) is 6.18 Å². The van der Waals surface area contributed by atoms with Gasteiger partial charge in [-0.3, -0.25) is 4.98 Å². The summed E-state index contributed by atoms with van der Waals surface area (Å²) in [5.41, 5.74) is 0.656. The fraction of sp³-hybridized carbons (Fsp3) is 0.0588. The van der Waals surface area contributed by atoms with Crippen molar-refractivity contribution < 1.29 is 17.9 Å². The van der Waals surface area contributed by atoms with Crippen molar-refractivity contribution in [2.45, 2.75) is 6.18 Å². The van der Waals surface area contributed by atoms with Crippen LogP contribution in [0.3, 0.4) is 0 Å². The summed E-state index contributed by atoms with van der Waals surface area (Å²) in [6, 6.07) is 9.62. The highest BCUT2D eigenvalue weighted by Crippen LogP contribution is 2.38. The number of rotatable bonds is 3. The second-order valence-electron chi connectivity index (χ2n) is 5.46. The minimum Gasteiger partial charge on any atom is -0.437 e. The number of nitrogens with zero attached hydrogens (tertiary/aromatic N) is 5. The van der Waals surface area contributed by atoms with E-state index in [1.807, 2.05) is 0 Å². The highest BCUT2D eigenvalue weighted by Gasteiger charge is 2.31. The average molecular weight is 428 g/mol. The first-order valence-corrected chi connectivity index (χ1v) is 7.97. The standard InChI is InChI=1S/C17H9ClF3N5O.ClH/c18-16-24-23-14-3-4-15(25-26(14)16)27-13-9-11(17(19,20)21)1-2-12(13)10-5-7-22-8-6-10;/h1-9H;1H. The van der Waals surface area contributed by atoms with Crippen LogP contribution in [0.4, 0.5) is 13.2 Å². The van der Waals surface area contributed by atoms with E-state index in [0.29, 0.717) is 16.8 Å². The lowest BCUT2D eigenvalue weighted by molar-refractivity contribution is -0.137. The molecule has 0 bridgehead atoms. The molecule has 0 saturated carbocycles. The molecule has 0 fully saturated rings. The lowest BCUT2D eigenvalue weighted by atomic mass is 10.0. The van der Waals surface area contributed by atoms with Crippen molar-refractivity contribution in [3.05, 3.63) is 65.7 Å². The molecular formula is C17H10Cl2F3N5O. The zero-order valence-corrected chi connectivity index (χ0v) is 15.3. The zero-order valence-electron chi connectivity index (χ0n) is 13.8.